The molecule has 0 saturated carbocycles. The SMILES string of the molecule is CCC/C=C/C(O)C(N)CO. The molecule has 0 saturated heterocycles. The first-order valence-electron chi connectivity index (χ1n) is 3.93. The predicted octanol–water partition coefficient (Wildman–Crippen LogP) is 0.0232. The lowest BCUT2D eigenvalue weighted by molar-refractivity contribution is 0.144. The van der Waals surface area contributed by atoms with Gasteiger partial charge in [-0.1, -0.05) is 25.5 Å². The minimum Gasteiger partial charge on any atom is -0.395 e. The second-order valence-electron chi connectivity index (χ2n) is 2.55. The van der Waals surface area contributed by atoms with E-state index in [1.54, 1.807) is 6.08 Å². The van der Waals surface area contributed by atoms with Gasteiger partial charge in [-0.2, -0.15) is 0 Å². The van der Waals surface area contributed by atoms with Gasteiger partial charge in [0.15, 0.2) is 0 Å². The Hall–Kier alpha value is -0.380. The summed E-state index contributed by atoms with van der Waals surface area (Å²) in [6.07, 6.45) is 4.78. The molecule has 0 aliphatic carbocycles. The van der Waals surface area contributed by atoms with Gasteiger partial charge in [0, 0.05) is 0 Å². The molecule has 0 amide bonds. The second-order valence-corrected chi connectivity index (χ2v) is 2.55. The van der Waals surface area contributed by atoms with Crippen LogP contribution in [0.3, 0.4) is 0 Å². The number of aliphatic hydroxyl groups excluding tert-OH is 2. The number of unbranched alkanes of at least 4 members (excludes halogenated alkanes) is 1. The van der Waals surface area contributed by atoms with Gasteiger partial charge in [-0.3, -0.25) is 0 Å². The Morgan fingerprint density at radius 3 is 2.64 bits per heavy atom. The lowest BCUT2D eigenvalue weighted by Gasteiger charge is -2.11. The van der Waals surface area contributed by atoms with E-state index in [1.807, 2.05) is 6.08 Å². The van der Waals surface area contributed by atoms with E-state index in [9.17, 15) is 5.11 Å². The Labute approximate surface area is 67.5 Å². The van der Waals surface area contributed by atoms with Gasteiger partial charge in [-0.25, -0.2) is 0 Å². The maximum atomic E-state index is 9.17. The lowest BCUT2D eigenvalue weighted by Crippen LogP contribution is -2.36. The van der Waals surface area contributed by atoms with Gasteiger partial charge in [0.05, 0.1) is 18.8 Å². The van der Waals surface area contributed by atoms with Crippen molar-refractivity contribution in [3.8, 4) is 0 Å². The highest BCUT2D eigenvalue weighted by Gasteiger charge is 2.08. The molecule has 66 valence electrons. The summed E-state index contributed by atoms with van der Waals surface area (Å²) in [4.78, 5) is 0. The van der Waals surface area contributed by atoms with Crippen molar-refractivity contribution in [3.05, 3.63) is 12.2 Å². The maximum absolute atomic E-state index is 9.17. The van der Waals surface area contributed by atoms with E-state index in [0.717, 1.165) is 12.8 Å². The highest BCUT2D eigenvalue weighted by Crippen LogP contribution is 1.95. The zero-order valence-corrected chi connectivity index (χ0v) is 6.90. The standard InChI is InChI=1S/C8H17NO2/c1-2-3-4-5-8(11)7(9)6-10/h4-5,7-8,10-11H,2-3,6,9H2,1H3/b5-4+. The largest absolute Gasteiger partial charge is 0.395 e. The molecule has 0 aliphatic rings. The maximum Gasteiger partial charge on any atom is 0.0894 e. The van der Waals surface area contributed by atoms with Crippen LogP contribution >= 0.6 is 0 Å². The van der Waals surface area contributed by atoms with Crippen molar-refractivity contribution in [2.24, 2.45) is 5.73 Å². The Morgan fingerprint density at radius 2 is 2.18 bits per heavy atom. The molecule has 0 aromatic heterocycles. The van der Waals surface area contributed by atoms with Crippen molar-refractivity contribution in [2.75, 3.05) is 6.61 Å². The Kier molecular flexibility index (Phi) is 6.12. The van der Waals surface area contributed by atoms with Crippen LogP contribution in [0.15, 0.2) is 12.2 Å². The average Bonchev–Trinajstić information content (AvgIpc) is 2.03. The third-order valence-electron chi connectivity index (χ3n) is 1.44. The minimum absolute atomic E-state index is 0.183. The quantitative estimate of drug-likeness (QED) is 0.495. The van der Waals surface area contributed by atoms with E-state index in [4.69, 9.17) is 10.8 Å². The van der Waals surface area contributed by atoms with Gasteiger partial charge < -0.3 is 15.9 Å². The molecule has 4 N–H and O–H groups in total. The first-order valence-corrected chi connectivity index (χ1v) is 3.93. The van der Waals surface area contributed by atoms with E-state index in [2.05, 4.69) is 6.92 Å². The molecule has 0 bridgehead atoms. The first kappa shape index (κ1) is 10.6. The molecule has 0 fully saturated rings. The predicted molar refractivity (Wildman–Crippen MR) is 45.1 cm³/mol. The van der Waals surface area contributed by atoms with Gasteiger partial charge >= 0.3 is 0 Å². The number of rotatable bonds is 5. The summed E-state index contributed by atoms with van der Waals surface area (Å²) >= 11 is 0. The summed E-state index contributed by atoms with van der Waals surface area (Å²) in [5, 5.41) is 17.7. The fourth-order valence-electron chi connectivity index (χ4n) is 0.653. The third kappa shape index (κ3) is 4.95. The fourth-order valence-corrected chi connectivity index (χ4v) is 0.653. The molecule has 0 aromatic carbocycles. The van der Waals surface area contributed by atoms with Crippen LogP contribution in [0.2, 0.25) is 0 Å². The highest BCUT2D eigenvalue weighted by atomic mass is 16.3. The first-order chi connectivity index (χ1) is 5.22. The van der Waals surface area contributed by atoms with Crippen LogP contribution in [0, 0.1) is 0 Å². The minimum atomic E-state index is -0.716. The molecule has 0 heterocycles. The van der Waals surface area contributed by atoms with Crippen molar-refractivity contribution in [1.29, 1.82) is 0 Å². The number of aliphatic hydroxyl groups is 2. The topological polar surface area (TPSA) is 66.5 Å². The summed E-state index contributed by atoms with van der Waals surface area (Å²) in [5.74, 6) is 0. The lowest BCUT2D eigenvalue weighted by atomic mass is 10.1. The van der Waals surface area contributed by atoms with E-state index >= 15 is 0 Å². The molecular formula is C8H17NO2. The van der Waals surface area contributed by atoms with E-state index in [1.165, 1.54) is 0 Å². The monoisotopic (exact) mass is 159 g/mol. The second kappa shape index (κ2) is 6.34. The summed E-state index contributed by atoms with van der Waals surface area (Å²) in [7, 11) is 0. The number of hydrogen-bond acceptors (Lipinski definition) is 3. The molecule has 2 atom stereocenters. The Balaban J connectivity index is 3.57. The number of hydrogen-bond donors (Lipinski definition) is 3. The van der Waals surface area contributed by atoms with E-state index in [0.29, 0.717) is 0 Å². The molecule has 0 aromatic rings. The third-order valence-corrected chi connectivity index (χ3v) is 1.44. The van der Waals surface area contributed by atoms with Crippen molar-refractivity contribution < 1.29 is 10.2 Å². The molecule has 0 aliphatic heterocycles. The van der Waals surface area contributed by atoms with Crippen LogP contribution < -0.4 is 5.73 Å². The summed E-state index contributed by atoms with van der Waals surface area (Å²) in [5.41, 5.74) is 5.35. The molecule has 2 unspecified atom stereocenters. The van der Waals surface area contributed by atoms with E-state index in [-0.39, 0.29) is 6.61 Å². The van der Waals surface area contributed by atoms with Gasteiger partial charge in [0.2, 0.25) is 0 Å². The van der Waals surface area contributed by atoms with Crippen molar-refractivity contribution in [3.63, 3.8) is 0 Å². The molecular weight excluding hydrogens is 142 g/mol. The summed E-state index contributed by atoms with van der Waals surface area (Å²) in [6, 6.07) is -0.553. The van der Waals surface area contributed by atoms with Gasteiger partial charge in [0.25, 0.3) is 0 Å². The Morgan fingerprint density at radius 1 is 1.55 bits per heavy atom. The van der Waals surface area contributed by atoms with Gasteiger partial charge in [-0.05, 0) is 6.42 Å². The van der Waals surface area contributed by atoms with Crippen LogP contribution in [-0.4, -0.2) is 29.0 Å². The molecule has 0 spiro atoms. The van der Waals surface area contributed by atoms with Crippen LogP contribution in [0.5, 0.6) is 0 Å². The van der Waals surface area contributed by atoms with E-state index < -0.39 is 12.1 Å². The summed E-state index contributed by atoms with van der Waals surface area (Å²) < 4.78 is 0. The zero-order chi connectivity index (χ0) is 8.69. The average molecular weight is 159 g/mol. The molecule has 3 heteroatoms. The summed E-state index contributed by atoms with van der Waals surface area (Å²) in [6.45, 7) is 1.88. The smallest absolute Gasteiger partial charge is 0.0894 e. The van der Waals surface area contributed by atoms with Crippen molar-refractivity contribution in [1.82, 2.24) is 0 Å². The normalized spacial score (nSPS) is 17.1. The molecule has 3 nitrogen and oxygen atoms in total. The fraction of sp³-hybridized carbons (Fsp3) is 0.750. The number of allylic oxidation sites excluding steroid dienone is 1. The van der Waals surface area contributed by atoms with Crippen LogP contribution in [-0.2, 0) is 0 Å². The Bertz CT molecular complexity index is 115. The molecule has 0 rings (SSSR count). The van der Waals surface area contributed by atoms with Crippen LogP contribution in [0.1, 0.15) is 19.8 Å². The van der Waals surface area contributed by atoms with Crippen LogP contribution in [0.25, 0.3) is 0 Å². The van der Waals surface area contributed by atoms with Crippen LogP contribution in [0.4, 0.5) is 0 Å². The van der Waals surface area contributed by atoms with Gasteiger partial charge in [-0.15, -0.1) is 0 Å². The zero-order valence-electron chi connectivity index (χ0n) is 6.90. The molecule has 0 radical (unpaired) electrons. The highest BCUT2D eigenvalue weighted by molar-refractivity contribution is 4.93. The van der Waals surface area contributed by atoms with Crippen molar-refractivity contribution >= 4 is 0 Å². The number of nitrogens with two attached hydrogens (primary N) is 1. The molecule has 11 heavy (non-hydrogen) atoms. The van der Waals surface area contributed by atoms with Gasteiger partial charge in [0.1, 0.15) is 0 Å². The van der Waals surface area contributed by atoms with Crippen molar-refractivity contribution in [2.45, 2.75) is 31.9 Å².